The van der Waals surface area contributed by atoms with Gasteiger partial charge in [-0.2, -0.15) is 0 Å². The molecular formula is C10H21N2OPS. The van der Waals surface area contributed by atoms with Crippen LogP contribution in [0.5, 0.6) is 0 Å². The highest BCUT2D eigenvalue weighted by Crippen LogP contribution is 2.30. The number of amides is 1. The Morgan fingerprint density at radius 2 is 2.47 bits per heavy atom. The number of rotatable bonds is 6. The van der Waals surface area contributed by atoms with Crippen LogP contribution in [0.3, 0.4) is 0 Å². The minimum Gasteiger partial charge on any atom is -0.330 e. The summed E-state index contributed by atoms with van der Waals surface area (Å²) in [7, 11) is 2.55. The van der Waals surface area contributed by atoms with Crippen LogP contribution >= 0.6 is 21.2 Å². The van der Waals surface area contributed by atoms with Gasteiger partial charge in [0.15, 0.2) is 0 Å². The van der Waals surface area contributed by atoms with Crippen molar-refractivity contribution in [2.24, 2.45) is 0 Å². The molecule has 88 valence electrons. The van der Waals surface area contributed by atoms with Crippen molar-refractivity contribution < 1.29 is 4.79 Å². The van der Waals surface area contributed by atoms with Crippen LogP contribution in [-0.2, 0) is 4.79 Å². The fraction of sp³-hybridized carbons (Fsp3) is 0.900. The summed E-state index contributed by atoms with van der Waals surface area (Å²) in [5, 5.41) is 3.56. The van der Waals surface area contributed by atoms with E-state index in [-0.39, 0.29) is 0 Å². The lowest BCUT2D eigenvalue weighted by Gasteiger charge is -2.23. The summed E-state index contributed by atoms with van der Waals surface area (Å²) < 4.78 is 0. The Labute approximate surface area is 99.0 Å². The second kappa shape index (κ2) is 6.72. The molecule has 1 N–H and O–H groups in total. The molecule has 1 aliphatic rings. The monoisotopic (exact) mass is 248 g/mol. The summed E-state index contributed by atoms with van der Waals surface area (Å²) in [5.74, 6) is 1.08. The number of carbonyl (C=O) groups is 1. The predicted octanol–water partition coefficient (Wildman–Crippen LogP) is 1.84. The molecule has 15 heavy (non-hydrogen) atoms. The van der Waals surface area contributed by atoms with Crippen LogP contribution in [0.25, 0.3) is 0 Å². The van der Waals surface area contributed by atoms with E-state index in [2.05, 4.69) is 28.3 Å². The summed E-state index contributed by atoms with van der Waals surface area (Å²) in [5.41, 5.74) is 0. The first-order valence-corrected chi connectivity index (χ1v) is 7.12. The minimum atomic E-state index is 0.411. The van der Waals surface area contributed by atoms with Crippen molar-refractivity contribution in [1.29, 1.82) is 0 Å². The van der Waals surface area contributed by atoms with E-state index in [9.17, 15) is 4.79 Å². The third kappa shape index (κ3) is 3.93. The van der Waals surface area contributed by atoms with Crippen LogP contribution < -0.4 is 5.09 Å². The number of carbonyl (C=O) groups excluding carboxylic acids is 1. The molecule has 1 saturated heterocycles. The number of thioether (sulfide) groups is 1. The Hall–Kier alpha value is 0.210. The minimum absolute atomic E-state index is 0.411. The topological polar surface area (TPSA) is 32.3 Å². The van der Waals surface area contributed by atoms with Gasteiger partial charge in [-0.3, -0.25) is 9.88 Å². The number of nitrogens with one attached hydrogen (secondary N) is 1. The van der Waals surface area contributed by atoms with Crippen molar-refractivity contribution in [3.63, 3.8) is 0 Å². The zero-order chi connectivity index (χ0) is 11.3. The molecule has 1 fully saturated rings. The van der Waals surface area contributed by atoms with E-state index < -0.39 is 0 Å². The summed E-state index contributed by atoms with van der Waals surface area (Å²) in [4.78, 5) is 12.8. The molecule has 0 aliphatic carbocycles. The molecule has 3 nitrogen and oxygen atoms in total. The van der Waals surface area contributed by atoms with Crippen LogP contribution in [0, 0.1) is 0 Å². The second-order valence-electron chi connectivity index (χ2n) is 4.19. The molecule has 0 aromatic rings. The van der Waals surface area contributed by atoms with Crippen molar-refractivity contribution >= 4 is 27.6 Å². The average Bonchev–Trinajstić information content (AvgIpc) is 2.59. The summed E-state index contributed by atoms with van der Waals surface area (Å²) in [6.07, 6.45) is 4.47. The average molecular weight is 248 g/mol. The van der Waals surface area contributed by atoms with Gasteiger partial charge in [0, 0.05) is 17.8 Å². The maximum Gasteiger partial charge on any atom is 0.210 e. The number of hydrogen-bond donors (Lipinski definition) is 1. The van der Waals surface area contributed by atoms with Crippen molar-refractivity contribution in [3.05, 3.63) is 0 Å². The fourth-order valence-corrected chi connectivity index (χ4v) is 3.39. The summed E-state index contributed by atoms with van der Waals surface area (Å²) >= 11 is 1.91. The molecule has 1 amide bonds. The van der Waals surface area contributed by atoms with Gasteiger partial charge in [-0.25, -0.2) is 0 Å². The Balaban J connectivity index is 2.23. The molecule has 1 rings (SSSR count). The molecule has 1 aliphatic heterocycles. The van der Waals surface area contributed by atoms with Crippen LogP contribution in [0.15, 0.2) is 0 Å². The molecule has 4 atom stereocenters. The SMILES string of the molecule is CC(CCCC1SCC(C)N1C=O)NP. The lowest BCUT2D eigenvalue weighted by atomic mass is 10.1. The highest BCUT2D eigenvalue weighted by molar-refractivity contribution is 8.00. The van der Waals surface area contributed by atoms with Crippen molar-refractivity contribution in [2.45, 2.75) is 50.6 Å². The summed E-state index contributed by atoms with van der Waals surface area (Å²) in [6, 6.07) is 0.957. The van der Waals surface area contributed by atoms with Gasteiger partial charge >= 0.3 is 0 Å². The fourth-order valence-electron chi connectivity index (χ4n) is 1.79. The van der Waals surface area contributed by atoms with Gasteiger partial charge in [-0.1, -0.05) is 9.39 Å². The van der Waals surface area contributed by atoms with E-state index in [0.29, 0.717) is 17.5 Å². The van der Waals surface area contributed by atoms with Crippen molar-refractivity contribution in [2.75, 3.05) is 5.75 Å². The molecule has 1 heterocycles. The smallest absolute Gasteiger partial charge is 0.210 e. The molecule has 0 radical (unpaired) electrons. The predicted molar refractivity (Wildman–Crippen MR) is 69.8 cm³/mol. The lowest BCUT2D eigenvalue weighted by molar-refractivity contribution is -0.119. The highest BCUT2D eigenvalue weighted by atomic mass is 32.2. The van der Waals surface area contributed by atoms with Crippen LogP contribution in [0.4, 0.5) is 0 Å². The van der Waals surface area contributed by atoms with Crippen molar-refractivity contribution in [3.8, 4) is 0 Å². The zero-order valence-corrected chi connectivity index (χ0v) is 11.5. The van der Waals surface area contributed by atoms with E-state index in [4.69, 9.17) is 0 Å². The number of nitrogens with zero attached hydrogens (tertiary/aromatic N) is 1. The zero-order valence-electron chi connectivity index (χ0n) is 9.48. The van der Waals surface area contributed by atoms with Gasteiger partial charge in [-0.05, 0) is 33.1 Å². The first-order chi connectivity index (χ1) is 7.19. The molecule has 0 saturated carbocycles. The lowest BCUT2D eigenvalue weighted by Crippen LogP contribution is -2.33. The third-order valence-corrected chi connectivity index (χ3v) is 4.97. The maximum absolute atomic E-state index is 10.9. The molecular weight excluding hydrogens is 227 g/mol. The Kier molecular flexibility index (Phi) is 5.95. The van der Waals surface area contributed by atoms with E-state index in [1.165, 1.54) is 12.8 Å². The van der Waals surface area contributed by atoms with Gasteiger partial charge in [0.2, 0.25) is 6.41 Å². The van der Waals surface area contributed by atoms with Gasteiger partial charge in [0.05, 0.1) is 5.37 Å². The molecule has 4 unspecified atom stereocenters. The van der Waals surface area contributed by atoms with E-state index >= 15 is 0 Å². The Morgan fingerprint density at radius 3 is 3.07 bits per heavy atom. The van der Waals surface area contributed by atoms with E-state index in [0.717, 1.165) is 18.6 Å². The summed E-state index contributed by atoms with van der Waals surface area (Å²) in [6.45, 7) is 4.29. The van der Waals surface area contributed by atoms with Crippen LogP contribution in [0.1, 0.15) is 33.1 Å². The molecule has 5 heteroatoms. The molecule has 0 aromatic carbocycles. The first kappa shape index (κ1) is 13.3. The maximum atomic E-state index is 10.9. The van der Waals surface area contributed by atoms with Crippen LogP contribution in [0.2, 0.25) is 0 Å². The van der Waals surface area contributed by atoms with Crippen molar-refractivity contribution in [1.82, 2.24) is 9.99 Å². The largest absolute Gasteiger partial charge is 0.330 e. The Morgan fingerprint density at radius 1 is 1.73 bits per heavy atom. The van der Waals surface area contributed by atoms with E-state index in [1.54, 1.807) is 0 Å². The molecule has 0 spiro atoms. The van der Waals surface area contributed by atoms with Gasteiger partial charge in [0.25, 0.3) is 0 Å². The normalized spacial score (nSPS) is 28.1. The quantitative estimate of drug-likeness (QED) is 0.575. The molecule has 0 aromatic heterocycles. The molecule has 0 bridgehead atoms. The second-order valence-corrected chi connectivity index (χ2v) is 5.73. The highest BCUT2D eigenvalue weighted by Gasteiger charge is 2.29. The van der Waals surface area contributed by atoms with Crippen LogP contribution in [-0.4, -0.2) is 34.5 Å². The third-order valence-electron chi connectivity index (χ3n) is 2.87. The Bertz CT molecular complexity index is 206. The van der Waals surface area contributed by atoms with Gasteiger partial charge < -0.3 is 4.90 Å². The van der Waals surface area contributed by atoms with Gasteiger partial charge in [-0.15, -0.1) is 11.8 Å². The standard InChI is InChI=1S/C10H21N2OPS/c1-8(11-14)4-3-5-10-12(7-13)9(2)6-15-10/h7-11H,3-6,14H2,1-2H3. The first-order valence-electron chi connectivity index (χ1n) is 5.49. The number of hydrogen-bond acceptors (Lipinski definition) is 3. The van der Waals surface area contributed by atoms with Gasteiger partial charge in [0.1, 0.15) is 0 Å². The van der Waals surface area contributed by atoms with E-state index in [1.807, 2.05) is 16.7 Å².